The maximum absolute atomic E-state index is 13.0. The van der Waals surface area contributed by atoms with Crippen LogP contribution in [-0.2, 0) is 0 Å². The van der Waals surface area contributed by atoms with E-state index in [4.69, 9.17) is 8.83 Å². The van der Waals surface area contributed by atoms with Crippen molar-refractivity contribution in [3.8, 4) is 0 Å². The molecule has 0 radical (unpaired) electrons. The number of fused-ring (bicyclic) bond motifs is 2. The Morgan fingerprint density at radius 2 is 1.48 bits per heavy atom. The van der Waals surface area contributed by atoms with Crippen LogP contribution in [0.3, 0.4) is 0 Å². The minimum absolute atomic E-state index is 0.0863. The van der Waals surface area contributed by atoms with Gasteiger partial charge >= 0.3 is 0 Å². The second kappa shape index (κ2) is 7.97. The molecule has 2 N–H and O–H groups in total. The average molecular weight is 441 g/mol. The van der Waals surface area contributed by atoms with E-state index in [2.05, 4.69) is 10.6 Å². The Kier molecular flexibility index (Phi) is 4.83. The standard InChI is InChI=1S/C24H15N3O6/c28-23(20-13-14-5-1-3-7-18(14)32-20)26-21-17-6-2-4-8-19(17)33-22(21)24(29)25-15-9-11-16(12-10-15)27(30)31/h1-13H,(H,25,29)(H,26,28). The van der Waals surface area contributed by atoms with Gasteiger partial charge in [-0.3, -0.25) is 19.7 Å². The first-order valence-electron chi connectivity index (χ1n) is 9.87. The van der Waals surface area contributed by atoms with Crippen molar-refractivity contribution < 1.29 is 23.3 Å². The number of nitro groups is 1. The molecule has 2 amide bonds. The molecule has 9 nitrogen and oxygen atoms in total. The maximum atomic E-state index is 13.0. The molecule has 2 aromatic heterocycles. The molecule has 3 aromatic carbocycles. The highest BCUT2D eigenvalue weighted by molar-refractivity contribution is 6.16. The molecule has 0 spiro atoms. The van der Waals surface area contributed by atoms with Gasteiger partial charge in [0.05, 0.1) is 4.92 Å². The molecule has 0 aliphatic carbocycles. The highest BCUT2D eigenvalue weighted by Crippen LogP contribution is 2.32. The zero-order chi connectivity index (χ0) is 22.9. The van der Waals surface area contributed by atoms with Crippen molar-refractivity contribution >= 4 is 50.8 Å². The van der Waals surface area contributed by atoms with Gasteiger partial charge in [0.1, 0.15) is 16.9 Å². The van der Waals surface area contributed by atoms with E-state index >= 15 is 0 Å². The summed E-state index contributed by atoms with van der Waals surface area (Å²) >= 11 is 0. The Bertz CT molecular complexity index is 1500. The summed E-state index contributed by atoms with van der Waals surface area (Å²) in [7, 11) is 0. The SMILES string of the molecule is O=C(Nc1c(C(=O)Nc2ccc([N+](=O)[O-])cc2)oc2ccccc12)c1cc2ccccc2o1. The molecule has 0 fully saturated rings. The van der Waals surface area contributed by atoms with Crippen LogP contribution in [0.1, 0.15) is 21.1 Å². The van der Waals surface area contributed by atoms with Crippen LogP contribution in [0.4, 0.5) is 17.1 Å². The first-order chi connectivity index (χ1) is 16.0. The highest BCUT2D eigenvalue weighted by Gasteiger charge is 2.24. The van der Waals surface area contributed by atoms with Crippen LogP contribution in [0.2, 0.25) is 0 Å². The highest BCUT2D eigenvalue weighted by atomic mass is 16.6. The van der Waals surface area contributed by atoms with Gasteiger partial charge in [0.15, 0.2) is 5.76 Å². The quantitative estimate of drug-likeness (QED) is 0.270. The van der Waals surface area contributed by atoms with Crippen LogP contribution >= 0.6 is 0 Å². The molecule has 0 atom stereocenters. The van der Waals surface area contributed by atoms with E-state index in [0.717, 1.165) is 5.39 Å². The number of furan rings is 2. The van der Waals surface area contributed by atoms with Gasteiger partial charge in [-0.2, -0.15) is 0 Å². The molecule has 0 bridgehead atoms. The fraction of sp³-hybridized carbons (Fsp3) is 0. The number of hydrogen-bond donors (Lipinski definition) is 2. The van der Waals surface area contributed by atoms with Crippen molar-refractivity contribution in [3.05, 3.63) is 100 Å². The zero-order valence-electron chi connectivity index (χ0n) is 16.9. The second-order valence-electron chi connectivity index (χ2n) is 7.16. The first-order valence-corrected chi connectivity index (χ1v) is 9.87. The van der Waals surface area contributed by atoms with Crippen molar-refractivity contribution in [2.45, 2.75) is 0 Å². The average Bonchev–Trinajstić information content (AvgIpc) is 3.41. The van der Waals surface area contributed by atoms with Gasteiger partial charge in [0.25, 0.3) is 17.5 Å². The number of carbonyl (C=O) groups excluding carboxylic acids is 2. The third-order valence-corrected chi connectivity index (χ3v) is 5.03. The number of nitrogens with one attached hydrogen (secondary N) is 2. The van der Waals surface area contributed by atoms with Gasteiger partial charge in [-0.25, -0.2) is 0 Å². The van der Waals surface area contributed by atoms with Gasteiger partial charge in [0, 0.05) is 28.6 Å². The van der Waals surface area contributed by atoms with Crippen LogP contribution in [0.25, 0.3) is 21.9 Å². The Morgan fingerprint density at radius 1 is 0.788 bits per heavy atom. The molecule has 0 saturated carbocycles. The minimum Gasteiger partial charge on any atom is -0.451 e. The van der Waals surface area contributed by atoms with E-state index in [0.29, 0.717) is 22.2 Å². The lowest BCUT2D eigenvalue weighted by molar-refractivity contribution is -0.384. The number of nitrogens with zero attached hydrogens (tertiary/aromatic N) is 1. The summed E-state index contributed by atoms with van der Waals surface area (Å²) < 4.78 is 11.3. The summed E-state index contributed by atoms with van der Waals surface area (Å²) in [5, 5.41) is 17.5. The molecule has 162 valence electrons. The number of rotatable bonds is 5. The Labute approximate surface area is 185 Å². The van der Waals surface area contributed by atoms with Crippen LogP contribution in [-0.4, -0.2) is 16.7 Å². The summed E-state index contributed by atoms with van der Waals surface area (Å²) in [5.41, 5.74) is 1.40. The second-order valence-corrected chi connectivity index (χ2v) is 7.16. The lowest BCUT2D eigenvalue weighted by Gasteiger charge is -2.06. The van der Waals surface area contributed by atoms with E-state index in [9.17, 15) is 19.7 Å². The van der Waals surface area contributed by atoms with Gasteiger partial charge in [-0.1, -0.05) is 30.3 Å². The van der Waals surface area contributed by atoms with Crippen molar-refractivity contribution in [2.75, 3.05) is 10.6 Å². The summed E-state index contributed by atoms with van der Waals surface area (Å²) in [6.07, 6.45) is 0. The number of non-ortho nitro benzene ring substituents is 1. The van der Waals surface area contributed by atoms with E-state index in [-0.39, 0.29) is 22.9 Å². The fourth-order valence-electron chi connectivity index (χ4n) is 3.45. The van der Waals surface area contributed by atoms with Crippen molar-refractivity contribution in [1.82, 2.24) is 0 Å². The summed E-state index contributed by atoms with van der Waals surface area (Å²) in [6, 6.07) is 21.1. The number of anilines is 2. The third kappa shape index (κ3) is 3.79. The molecule has 0 aliphatic rings. The van der Waals surface area contributed by atoms with E-state index < -0.39 is 16.7 Å². The number of amides is 2. The topological polar surface area (TPSA) is 128 Å². The summed E-state index contributed by atoms with van der Waals surface area (Å²) in [5.74, 6) is -1.19. The number of benzene rings is 3. The Hall–Kier alpha value is -4.92. The zero-order valence-corrected chi connectivity index (χ0v) is 16.9. The lowest BCUT2D eigenvalue weighted by atomic mass is 10.2. The smallest absolute Gasteiger partial charge is 0.293 e. The number of carbonyl (C=O) groups is 2. The van der Waals surface area contributed by atoms with Gasteiger partial charge in [-0.05, 0) is 36.4 Å². The molecular formula is C24H15N3O6. The predicted molar refractivity (Wildman–Crippen MR) is 121 cm³/mol. The number of nitro benzene ring substituents is 1. The normalized spacial score (nSPS) is 10.9. The van der Waals surface area contributed by atoms with Crippen LogP contribution in [0.5, 0.6) is 0 Å². The molecule has 0 unspecified atom stereocenters. The monoisotopic (exact) mass is 441 g/mol. The molecule has 0 aliphatic heterocycles. The largest absolute Gasteiger partial charge is 0.451 e. The third-order valence-electron chi connectivity index (χ3n) is 5.03. The van der Waals surface area contributed by atoms with Crippen molar-refractivity contribution in [1.29, 1.82) is 0 Å². The van der Waals surface area contributed by atoms with Gasteiger partial charge in [0.2, 0.25) is 5.76 Å². The van der Waals surface area contributed by atoms with E-state index in [1.807, 2.05) is 12.1 Å². The number of para-hydroxylation sites is 2. The predicted octanol–water partition coefficient (Wildman–Crippen LogP) is 5.59. The molecule has 5 aromatic rings. The molecule has 5 rings (SSSR count). The van der Waals surface area contributed by atoms with Crippen LogP contribution in [0, 0.1) is 10.1 Å². The summed E-state index contributed by atoms with van der Waals surface area (Å²) in [4.78, 5) is 36.2. The fourth-order valence-corrected chi connectivity index (χ4v) is 3.45. The van der Waals surface area contributed by atoms with Crippen molar-refractivity contribution in [2.24, 2.45) is 0 Å². The van der Waals surface area contributed by atoms with Gasteiger partial charge in [-0.15, -0.1) is 0 Å². The van der Waals surface area contributed by atoms with E-state index in [1.165, 1.54) is 24.3 Å². The Balaban J connectivity index is 1.47. The van der Waals surface area contributed by atoms with Crippen LogP contribution < -0.4 is 10.6 Å². The van der Waals surface area contributed by atoms with Gasteiger partial charge < -0.3 is 19.5 Å². The van der Waals surface area contributed by atoms with Crippen LogP contribution in [0.15, 0.2) is 87.7 Å². The molecule has 9 heteroatoms. The molecular weight excluding hydrogens is 426 g/mol. The lowest BCUT2D eigenvalue weighted by Crippen LogP contribution is -2.16. The minimum atomic E-state index is -0.625. The Morgan fingerprint density at radius 3 is 2.21 bits per heavy atom. The summed E-state index contributed by atoms with van der Waals surface area (Å²) in [6.45, 7) is 0. The first kappa shape index (κ1) is 20.0. The van der Waals surface area contributed by atoms with Crippen molar-refractivity contribution in [3.63, 3.8) is 0 Å². The molecule has 0 saturated heterocycles. The maximum Gasteiger partial charge on any atom is 0.293 e. The molecule has 33 heavy (non-hydrogen) atoms. The number of hydrogen-bond acceptors (Lipinski definition) is 6. The molecule has 2 heterocycles. The van der Waals surface area contributed by atoms with E-state index in [1.54, 1.807) is 42.5 Å².